The fourth-order valence-electron chi connectivity index (χ4n) is 2.90. The third-order valence-electron chi connectivity index (χ3n) is 4.17. The topological polar surface area (TPSA) is 54.0 Å². The van der Waals surface area contributed by atoms with Crippen molar-refractivity contribution in [2.45, 2.75) is 19.8 Å². The number of rotatable bonds is 3. The predicted octanol–water partition coefficient (Wildman–Crippen LogP) is 2.41. The highest BCUT2D eigenvalue weighted by atomic mass is 19.1. The Balaban J connectivity index is 1.75. The average Bonchev–Trinajstić information content (AvgIpc) is 2.53. The molecule has 22 heavy (non-hydrogen) atoms. The largest absolute Gasteiger partial charge is 0.352 e. The van der Waals surface area contributed by atoms with Gasteiger partial charge in [0.05, 0.1) is 16.8 Å². The molecule has 1 saturated heterocycles. The van der Waals surface area contributed by atoms with Gasteiger partial charge in [-0.25, -0.2) is 4.39 Å². The fourth-order valence-corrected chi connectivity index (χ4v) is 2.90. The van der Waals surface area contributed by atoms with E-state index in [1.165, 1.54) is 12.1 Å². The highest BCUT2D eigenvalue weighted by Gasteiger charge is 2.16. The Bertz CT molecular complexity index is 696. The maximum Gasteiger partial charge on any atom is 0.253 e. The lowest BCUT2D eigenvalue weighted by molar-refractivity contribution is 0.0944. The van der Waals surface area contributed by atoms with Crippen LogP contribution in [0.4, 0.5) is 4.39 Å². The van der Waals surface area contributed by atoms with E-state index in [0.29, 0.717) is 29.2 Å². The Morgan fingerprint density at radius 2 is 2.32 bits per heavy atom. The third kappa shape index (κ3) is 3.25. The van der Waals surface area contributed by atoms with Gasteiger partial charge in [-0.3, -0.25) is 9.78 Å². The number of nitrogens with zero attached hydrogens (tertiary/aromatic N) is 1. The van der Waals surface area contributed by atoms with Gasteiger partial charge in [0.15, 0.2) is 0 Å². The number of benzene rings is 1. The molecule has 0 saturated carbocycles. The molecule has 1 aromatic carbocycles. The van der Waals surface area contributed by atoms with Crippen LogP contribution < -0.4 is 10.6 Å². The fraction of sp³-hybridized carbons (Fsp3) is 0.412. The Labute approximate surface area is 129 Å². The van der Waals surface area contributed by atoms with Crippen molar-refractivity contribution in [3.63, 3.8) is 0 Å². The van der Waals surface area contributed by atoms with Crippen molar-refractivity contribution < 1.29 is 9.18 Å². The summed E-state index contributed by atoms with van der Waals surface area (Å²) in [5.74, 6) is 0.0590. The first-order chi connectivity index (χ1) is 10.6. The second kappa shape index (κ2) is 6.40. The van der Waals surface area contributed by atoms with Gasteiger partial charge in [0.25, 0.3) is 5.91 Å². The van der Waals surface area contributed by atoms with E-state index in [2.05, 4.69) is 15.6 Å². The molecule has 1 unspecified atom stereocenters. The van der Waals surface area contributed by atoms with Gasteiger partial charge in [-0.15, -0.1) is 0 Å². The highest BCUT2D eigenvalue weighted by Crippen LogP contribution is 2.18. The molecule has 1 aliphatic rings. The number of carbonyl (C=O) groups is 1. The van der Waals surface area contributed by atoms with Crippen molar-refractivity contribution >= 4 is 16.8 Å². The van der Waals surface area contributed by atoms with Gasteiger partial charge in [-0.2, -0.15) is 0 Å². The molecular formula is C17H20FN3O. The van der Waals surface area contributed by atoms with Crippen molar-refractivity contribution in [2.75, 3.05) is 19.6 Å². The third-order valence-corrected chi connectivity index (χ3v) is 4.17. The van der Waals surface area contributed by atoms with E-state index in [9.17, 15) is 9.18 Å². The zero-order valence-electron chi connectivity index (χ0n) is 12.7. The first-order valence-electron chi connectivity index (χ1n) is 7.69. The Morgan fingerprint density at radius 1 is 1.45 bits per heavy atom. The normalized spacial score (nSPS) is 18.4. The molecule has 2 N–H and O–H groups in total. The summed E-state index contributed by atoms with van der Waals surface area (Å²) in [4.78, 5) is 16.7. The van der Waals surface area contributed by atoms with E-state index in [0.717, 1.165) is 31.3 Å². The summed E-state index contributed by atoms with van der Waals surface area (Å²) < 4.78 is 13.2. The number of nitrogens with one attached hydrogen (secondary N) is 2. The standard InChI is InChI=1S/C17H20FN3O/c1-11-15(7-13-4-5-14(18)8-16(13)21-11)17(22)20-10-12-3-2-6-19-9-12/h4-5,7-8,12,19H,2-3,6,9-10H2,1H3,(H,20,22). The molecule has 0 aliphatic carbocycles. The summed E-state index contributed by atoms with van der Waals surface area (Å²) in [6.07, 6.45) is 2.30. The van der Waals surface area contributed by atoms with Crippen LogP contribution in [-0.4, -0.2) is 30.5 Å². The van der Waals surface area contributed by atoms with Crippen molar-refractivity contribution in [3.05, 3.63) is 41.3 Å². The van der Waals surface area contributed by atoms with Crippen LogP contribution in [0.2, 0.25) is 0 Å². The quantitative estimate of drug-likeness (QED) is 0.915. The van der Waals surface area contributed by atoms with E-state index in [1.807, 2.05) is 0 Å². The predicted molar refractivity (Wildman–Crippen MR) is 84.4 cm³/mol. The van der Waals surface area contributed by atoms with Gasteiger partial charge >= 0.3 is 0 Å². The summed E-state index contributed by atoms with van der Waals surface area (Å²) in [6, 6.07) is 6.21. The number of aryl methyl sites for hydroxylation is 1. The maximum atomic E-state index is 13.2. The zero-order chi connectivity index (χ0) is 15.5. The Hall–Kier alpha value is -2.01. The number of halogens is 1. The van der Waals surface area contributed by atoms with Gasteiger partial charge in [0.2, 0.25) is 0 Å². The first-order valence-corrected chi connectivity index (χ1v) is 7.69. The number of pyridine rings is 1. The molecule has 1 aromatic heterocycles. The van der Waals surface area contributed by atoms with E-state index < -0.39 is 0 Å². The monoisotopic (exact) mass is 301 g/mol. The Morgan fingerprint density at radius 3 is 3.09 bits per heavy atom. The van der Waals surface area contributed by atoms with Crippen LogP contribution in [0.5, 0.6) is 0 Å². The average molecular weight is 301 g/mol. The van der Waals surface area contributed by atoms with Gasteiger partial charge in [-0.1, -0.05) is 0 Å². The van der Waals surface area contributed by atoms with E-state index in [-0.39, 0.29) is 11.7 Å². The minimum absolute atomic E-state index is 0.109. The zero-order valence-corrected chi connectivity index (χ0v) is 12.7. The molecule has 2 aromatic rings. The number of hydrogen-bond acceptors (Lipinski definition) is 3. The second-order valence-electron chi connectivity index (χ2n) is 5.88. The van der Waals surface area contributed by atoms with E-state index in [4.69, 9.17) is 0 Å². The van der Waals surface area contributed by atoms with Crippen LogP contribution in [0.15, 0.2) is 24.3 Å². The molecule has 0 radical (unpaired) electrons. The number of aromatic nitrogens is 1. The van der Waals surface area contributed by atoms with Crippen LogP contribution in [0.25, 0.3) is 10.9 Å². The van der Waals surface area contributed by atoms with Gasteiger partial charge in [0, 0.05) is 18.0 Å². The van der Waals surface area contributed by atoms with Crippen molar-refractivity contribution in [1.29, 1.82) is 0 Å². The van der Waals surface area contributed by atoms with E-state index in [1.54, 1.807) is 19.1 Å². The first kappa shape index (κ1) is 14.9. The summed E-state index contributed by atoms with van der Waals surface area (Å²) in [6.45, 7) is 4.47. The molecule has 5 heteroatoms. The smallest absolute Gasteiger partial charge is 0.253 e. The summed E-state index contributed by atoms with van der Waals surface area (Å²) >= 11 is 0. The number of hydrogen-bond donors (Lipinski definition) is 2. The van der Waals surface area contributed by atoms with Gasteiger partial charge in [-0.05, 0) is 57.0 Å². The van der Waals surface area contributed by atoms with Crippen molar-refractivity contribution in [1.82, 2.24) is 15.6 Å². The van der Waals surface area contributed by atoms with Crippen LogP contribution in [-0.2, 0) is 0 Å². The van der Waals surface area contributed by atoms with Gasteiger partial charge < -0.3 is 10.6 Å². The van der Waals surface area contributed by atoms with Gasteiger partial charge in [0.1, 0.15) is 5.82 Å². The maximum absolute atomic E-state index is 13.2. The lowest BCUT2D eigenvalue weighted by Crippen LogP contribution is -2.38. The summed E-state index contributed by atoms with van der Waals surface area (Å²) in [5, 5.41) is 7.11. The molecule has 2 heterocycles. The molecule has 1 fully saturated rings. The lowest BCUT2D eigenvalue weighted by Gasteiger charge is -2.23. The van der Waals surface area contributed by atoms with Crippen LogP contribution in [0, 0.1) is 18.7 Å². The van der Waals surface area contributed by atoms with Crippen LogP contribution >= 0.6 is 0 Å². The molecule has 0 spiro atoms. The molecule has 1 aliphatic heterocycles. The van der Waals surface area contributed by atoms with Crippen LogP contribution in [0.3, 0.4) is 0 Å². The summed E-state index contributed by atoms with van der Waals surface area (Å²) in [7, 11) is 0. The molecule has 1 amide bonds. The number of piperidine rings is 1. The molecule has 0 bridgehead atoms. The molecule has 1 atom stereocenters. The number of fused-ring (bicyclic) bond motifs is 1. The van der Waals surface area contributed by atoms with E-state index >= 15 is 0 Å². The lowest BCUT2D eigenvalue weighted by atomic mass is 9.99. The molecular weight excluding hydrogens is 281 g/mol. The van der Waals surface area contributed by atoms with Crippen LogP contribution in [0.1, 0.15) is 28.9 Å². The molecule has 3 rings (SSSR count). The van der Waals surface area contributed by atoms with Crippen molar-refractivity contribution in [3.8, 4) is 0 Å². The molecule has 4 nitrogen and oxygen atoms in total. The minimum atomic E-state index is -0.318. The minimum Gasteiger partial charge on any atom is -0.352 e. The second-order valence-corrected chi connectivity index (χ2v) is 5.88. The van der Waals surface area contributed by atoms with Crippen molar-refractivity contribution in [2.24, 2.45) is 5.92 Å². The number of carbonyl (C=O) groups excluding carboxylic acids is 1. The Kier molecular flexibility index (Phi) is 4.34. The summed E-state index contributed by atoms with van der Waals surface area (Å²) in [5.41, 5.74) is 1.76. The highest BCUT2D eigenvalue weighted by molar-refractivity contribution is 5.98. The number of amides is 1. The SMILES string of the molecule is Cc1nc2cc(F)ccc2cc1C(=O)NCC1CCCNC1. The molecule has 116 valence electrons.